The summed E-state index contributed by atoms with van der Waals surface area (Å²) in [5.74, 6) is -1.09. The highest BCUT2D eigenvalue weighted by molar-refractivity contribution is 7.09. The zero-order chi connectivity index (χ0) is 13.0. The number of rotatable bonds is 5. The highest BCUT2D eigenvalue weighted by atomic mass is 32.1. The zero-order valence-electron chi connectivity index (χ0n) is 9.99. The molecule has 2 rings (SSSR count). The van der Waals surface area contributed by atoms with Crippen molar-refractivity contribution in [1.82, 2.24) is 10.3 Å². The molecule has 96 valence electrons. The fourth-order valence-electron chi connectivity index (χ4n) is 1.76. The molecule has 0 aliphatic rings. The number of hydrogen-bond acceptors (Lipinski definition) is 3. The lowest BCUT2D eigenvalue weighted by Crippen LogP contribution is -2.23. The van der Waals surface area contributed by atoms with Gasteiger partial charge in [0.2, 0.25) is 0 Å². The second-order valence-electron chi connectivity index (χ2n) is 3.96. The van der Waals surface area contributed by atoms with Crippen LogP contribution >= 0.6 is 11.3 Å². The highest BCUT2D eigenvalue weighted by Gasteiger charge is 2.18. The van der Waals surface area contributed by atoms with Crippen molar-refractivity contribution in [1.29, 1.82) is 0 Å². The molecule has 2 aromatic rings. The Labute approximate surface area is 109 Å². The number of hydrogen-bond donors (Lipinski definition) is 1. The maximum absolute atomic E-state index is 13.8. The molecule has 1 unspecified atom stereocenters. The van der Waals surface area contributed by atoms with E-state index in [2.05, 4.69) is 10.3 Å². The Kier molecular flexibility index (Phi) is 4.38. The Bertz CT molecular complexity index is 500. The summed E-state index contributed by atoms with van der Waals surface area (Å²) in [5.41, 5.74) is 2.16. The van der Waals surface area contributed by atoms with Gasteiger partial charge in [0.15, 0.2) is 0 Å². The van der Waals surface area contributed by atoms with Crippen LogP contribution in [0.25, 0.3) is 0 Å². The van der Waals surface area contributed by atoms with Gasteiger partial charge in [-0.25, -0.2) is 8.78 Å². The monoisotopic (exact) mass is 268 g/mol. The predicted molar refractivity (Wildman–Crippen MR) is 68.6 cm³/mol. The summed E-state index contributed by atoms with van der Waals surface area (Å²) >= 11 is 1.46. The summed E-state index contributed by atoms with van der Waals surface area (Å²) in [6.45, 7) is 2.80. The molecule has 0 fully saturated rings. The van der Waals surface area contributed by atoms with E-state index in [9.17, 15) is 8.78 Å². The molecule has 0 amide bonds. The fourth-order valence-corrected chi connectivity index (χ4v) is 2.47. The molecular weight excluding hydrogens is 254 g/mol. The standard InChI is InChI=1S/C13H14F2N2S/c1-2-5-17-13(12-7-16-8-18-12)10-4-3-9(14)6-11(10)15/h3-4,6-8,13,17H,2,5H2,1H3. The number of aromatic nitrogens is 1. The van der Waals surface area contributed by atoms with E-state index in [1.54, 1.807) is 11.7 Å². The quantitative estimate of drug-likeness (QED) is 0.897. The molecule has 18 heavy (non-hydrogen) atoms. The SMILES string of the molecule is CCCNC(c1cncs1)c1ccc(F)cc1F. The first kappa shape index (κ1) is 13.1. The second kappa shape index (κ2) is 6.02. The molecule has 2 nitrogen and oxygen atoms in total. The minimum absolute atomic E-state index is 0.266. The van der Waals surface area contributed by atoms with Gasteiger partial charge in [-0.2, -0.15) is 0 Å². The van der Waals surface area contributed by atoms with E-state index in [4.69, 9.17) is 0 Å². The van der Waals surface area contributed by atoms with Crippen LogP contribution in [0.2, 0.25) is 0 Å². The molecule has 1 heterocycles. The van der Waals surface area contributed by atoms with Crippen molar-refractivity contribution in [3.05, 3.63) is 52.0 Å². The van der Waals surface area contributed by atoms with E-state index < -0.39 is 11.6 Å². The van der Waals surface area contributed by atoms with Gasteiger partial charge in [-0.15, -0.1) is 11.3 Å². The maximum atomic E-state index is 13.8. The van der Waals surface area contributed by atoms with Gasteiger partial charge in [0.25, 0.3) is 0 Å². The first-order chi connectivity index (χ1) is 8.72. The molecule has 1 aromatic heterocycles. The topological polar surface area (TPSA) is 24.9 Å². The summed E-state index contributed by atoms with van der Waals surface area (Å²) in [6, 6.07) is 3.41. The molecule has 0 radical (unpaired) electrons. The van der Waals surface area contributed by atoms with Crippen LogP contribution in [-0.4, -0.2) is 11.5 Å². The lowest BCUT2D eigenvalue weighted by atomic mass is 10.0. The van der Waals surface area contributed by atoms with Crippen molar-refractivity contribution >= 4 is 11.3 Å². The van der Waals surface area contributed by atoms with Crippen LogP contribution in [0.4, 0.5) is 8.78 Å². The molecule has 5 heteroatoms. The Morgan fingerprint density at radius 1 is 1.39 bits per heavy atom. The average Bonchev–Trinajstić information content (AvgIpc) is 2.85. The Morgan fingerprint density at radius 2 is 2.22 bits per heavy atom. The molecule has 0 saturated carbocycles. The highest BCUT2D eigenvalue weighted by Crippen LogP contribution is 2.27. The lowest BCUT2D eigenvalue weighted by molar-refractivity contribution is 0.536. The number of benzene rings is 1. The number of halogens is 2. The second-order valence-corrected chi connectivity index (χ2v) is 4.87. The van der Waals surface area contributed by atoms with Crippen molar-refractivity contribution in [2.24, 2.45) is 0 Å². The molecular formula is C13H14F2N2S. The smallest absolute Gasteiger partial charge is 0.131 e. The number of thiazole rings is 1. The van der Waals surface area contributed by atoms with Crippen molar-refractivity contribution in [3.63, 3.8) is 0 Å². The molecule has 0 spiro atoms. The third-order valence-electron chi connectivity index (χ3n) is 2.61. The van der Waals surface area contributed by atoms with Crippen LogP contribution in [0.1, 0.15) is 29.8 Å². The van der Waals surface area contributed by atoms with Crippen LogP contribution in [0.3, 0.4) is 0 Å². The van der Waals surface area contributed by atoms with Crippen LogP contribution < -0.4 is 5.32 Å². The van der Waals surface area contributed by atoms with E-state index in [1.807, 2.05) is 6.92 Å². The van der Waals surface area contributed by atoms with Crippen LogP contribution in [0, 0.1) is 11.6 Å². The molecule has 1 N–H and O–H groups in total. The first-order valence-corrected chi connectivity index (χ1v) is 6.67. The van der Waals surface area contributed by atoms with E-state index >= 15 is 0 Å². The Balaban J connectivity index is 2.33. The van der Waals surface area contributed by atoms with E-state index in [1.165, 1.54) is 23.5 Å². The predicted octanol–water partition coefficient (Wildman–Crippen LogP) is 3.51. The van der Waals surface area contributed by atoms with Gasteiger partial charge < -0.3 is 5.32 Å². The zero-order valence-corrected chi connectivity index (χ0v) is 10.8. The molecule has 0 bridgehead atoms. The fraction of sp³-hybridized carbons (Fsp3) is 0.308. The summed E-state index contributed by atoms with van der Waals surface area (Å²) in [4.78, 5) is 4.93. The van der Waals surface area contributed by atoms with Gasteiger partial charge in [0.1, 0.15) is 11.6 Å². The van der Waals surface area contributed by atoms with Crippen molar-refractivity contribution in [3.8, 4) is 0 Å². The van der Waals surface area contributed by atoms with Gasteiger partial charge >= 0.3 is 0 Å². The molecule has 0 aliphatic carbocycles. The molecule has 1 atom stereocenters. The summed E-state index contributed by atoms with van der Waals surface area (Å²) in [5, 5.41) is 3.26. The van der Waals surface area contributed by atoms with Gasteiger partial charge in [-0.05, 0) is 19.0 Å². The maximum Gasteiger partial charge on any atom is 0.131 e. The largest absolute Gasteiger partial charge is 0.305 e. The van der Waals surface area contributed by atoms with Gasteiger partial charge in [0.05, 0.1) is 11.6 Å². The van der Waals surface area contributed by atoms with E-state index in [0.29, 0.717) is 5.56 Å². The third kappa shape index (κ3) is 2.91. The Morgan fingerprint density at radius 3 is 2.83 bits per heavy atom. The molecule has 0 saturated heterocycles. The van der Waals surface area contributed by atoms with Crippen molar-refractivity contribution < 1.29 is 8.78 Å². The van der Waals surface area contributed by atoms with E-state index in [0.717, 1.165) is 23.9 Å². The molecule has 0 aliphatic heterocycles. The van der Waals surface area contributed by atoms with Crippen LogP contribution in [0.5, 0.6) is 0 Å². The van der Waals surface area contributed by atoms with Crippen molar-refractivity contribution in [2.75, 3.05) is 6.54 Å². The van der Waals surface area contributed by atoms with Gasteiger partial charge in [0, 0.05) is 22.7 Å². The normalized spacial score (nSPS) is 12.6. The third-order valence-corrected chi connectivity index (χ3v) is 3.45. The average molecular weight is 268 g/mol. The van der Waals surface area contributed by atoms with Gasteiger partial charge in [-0.3, -0.25) is 4.98 Å². The van der Waals surface area contributed by atoms with Gasteiger partial charge in [-0.1, -0.05) is 13.0 Å². The Hall–Kier alpha value is -1.33. The minimum Gasteiger partial charge on any atom is -0.305 e. The first-order valence-electron chi connectivity index (χ1n) is 5.79. The van der Waals surface area contributed by atoms with Crippen LogP contribution in [0.15, 0.2) is 29.9 Å². The minimum atomic E-state index is -0.560. The van der Waals surface area contributed by atoms with Crippen molar-refractivity contribution in [2.45, 2.75) is 19.4 Å². The number of nitrogens with one attached hydrogen (secondary N) is 1. The summed E-state index contributed by atoms with van der Waals surface area (Å²) < 4.78 is 26.8. The van der Waals surface area contributed by atoms with Crippen LogP contribution in [-0.2, 0) is 0 Å². The summed E-state index contributed by atoms with van der Waals surface area (Å²) in [6.07, 6.45) is 2.65. The lowest BCUT2D eigenvalue weighted by Gasteiger charge is -2.17. The molecule has 1 aromatic carbocycles. The number of nitrogens with zero attached hydrogens (tertiary/aromatic N) is 1. The summed E-state index contributed by atoms with van der Waals surface area (Å²) in [7, 11) is 0. The van der Waals surface area contributed by atoms with E-state index in [-0.39, 0.29) is 6.04 Å².